The van der Waals surface area contributed by atoms with Gasteiger partial charge in [0.05, 0.1) is 12.6 Å². The first-order valence-electron chi connectivity index (χ1n) is 7.39. The summed E-state index contributed by atoms with van der Waals surface area (Å²) in [5.41, 5.74) is 1.10. The van der Waals surface area contributed by atoms with E-state index in [9.17, 15) is 9.59 Å². The van der Waals surface area contributed by atoms with Crippen LogP contribution in [0, 0.1) is 0 Å². The van der Waals surface area contributed by atoms with Crippen molar-refractivity contribution >= 4 is 23.4 Å². The molecule has 1 aliphatic rings. The molecule has 0 radical (unpaired) electrons. The van der Waals surface area contributed by atoms with E-state index in [-0.39, 0.29) is 17.9 Å². The predicted molar refractivity (Wildman–Crippen MR) is 84.8 cm³/mol. The van der Waals surface area contributed by atoms with E-state index in [2.05, 4.69) is 5.32 Å². The van der Waals surface area contributed by atoms with E-state index in [4.69, 9.17) is 16.3 Å². The van der Waals surface area contributed by atoms with Crippen molar-refractivity contribution < 1.29 is 14.3 Å². The molecule has 0 bridgehead atoms. The molecular formula is C16H21ClN2O3. The van der Waals surface area contributed by atoms with Crippen LogP contribution >= 0.6 is 11.6 Å². The molecule has 1 aromatic rings. The van der Waals surface area contributed by atoms with E-state index >= 15 is 0 Å². The quantitative estimate of drug-likeness (QED) is 0.829. The number of nitrogens with one attached hydrogen (secondary N) is 1. The number of ether oxygens (including phenoxy) is 1. The lowest BCUT2D eigenvalue weighted by molar-refractivity contribution is -0.127. The van der Waals surface area contributed by atoms with Gasteiger partial charge in [0.2, 0.25) is 11.8 Å². The summed E-state index contributed by atoms with van der Waals surface area (Å²) < 4.78 is 4.87. The fraction of sp³-hybridized carbons (Fsp3) is 0.500. The van der Waals surface area contributed by atoms with Gasteiger partial charge >= 0.3 is 0 Å². The van der Waals surface area contributed by atoms with Crippen molar-refractivity contribution in [2.24, 2.45) is 0 Å². The van der Waals surface area contributed by atoms with Crippen molar-refractivity contribution in [1.82, 2.24) is 10.2 Å². The number of amides is 2. The van der Waals surface area contributed by atoms with Crippen LogP contribution in [0.15, 0.2) is 24.3 Å². The van der Waals surface area contributed by atoms with Gasteiger partial charge in [-0.1, -0.05) is 23.7 Å². The Balaban J connectivity index is 1.78. The Bertz CT molecular complexity index is 536. The third kappa shape index (κ3) is 5.00. The van der Waals surface area contributed by atoms with Crippen LogP contribution in [-0.4, -0.2) is 49.6 Å². The van der Waals surface area contributed by atoms with Crippen molar-refractivity contribution in [3.05, 3.63) is 34.9 Å². The number of methoxy groups -OCH3 is 1. The molecule has 0 spiro atoms. The lowest BCUT2D eigenvalue weighted by atomic mass is 10.1. The molecule has 22 heavy (non-hydrogen) atoms. The number of rotatable bonds is 7. The van der Waals surface area contributed by atoms with Crippen LogP contribution < -0.4 is 5.32 Å². The van der Waals surface area contributed by atoms with Crippen molar-refractivity contribution in [3.8, 4) is 0 Å². The molecule has 2 amide bonds. The maximum absolute atomic E-state index is 12.0. The predicted octanol–water partition coefficient (Wildman–Crippen LogP) is 1.64. The highest BCUT2D eigenvalue weighted by atomic mass is 35.5. The number of halogens is 1. The largest absolute Gasteiger partial charge is 0.384 e. The number of hydrogen-bond acceptors (Lipinski definition) is 3. The van der Waals surface area contributed by atoms with E-state index in [0.29, 0.717) is 37.6 Å². The molecule has 0 saturated carbocycles. The van der Waals surface area contributed by atoms with Crippen LogP contribution in [0.25, 0.3) is 0 Å². The maximum atomic E-state index is 12.0. The van der Waals surface area contributed by atoms with Crippen molar-refractivity contribution in [2.45, 2.75) is 25.3 Å². The summed E-state index contributed by atoms with van der Waals surface area (Å²) in [5.74, 6) is 0.00964. The molecule has 1 saturated heterocycles. The summed E-state index contributed by atoms with van der Waals surface area (Å²) in [6, 6.07) is 7.54. The SMILES string of the molecule is COCCC(=O)N[C@H]1CC(=O)N(CCc2cccc(Cl)c2)C1. The zero-order valence-electron chi connectivity index (χ0n) is 12.7. The molecule has 1 atom stereocenters. The van der Waals surface area contributed by atoms with Gasteiger partial charge in [0.25, 0.3) is 0 Å². The molecule has 1 fully saturated rings. The number of benzene rings is 1. The molecule has 1 N–H and O–H groups in total. The van der Waals surface area contributed by atoms with Gasteiger partial charge in [-0.25, -0.2) is 0 Å². The second kappa shape index (κ2) is 8.15. The lowest BCUT2D eigenvalue weighted by Gasteiger charge is -2.17. The summed E-state index contributed by atoms with van der Waals surface area (Å²) in [5, 5.41) is 3.58. The monoisotopic (exact) mass is 324 g/mol. The molecule has 2 rings (SSSR count). The van der Waals surface area contributed by atoms with E-state index in [1.54, 1.807) is 12.0 Å². The number of hydrogen-bond donors (Lipinski definition) is 1. The van der Waals surface area contributed by atoms with Gasteiger partial charge in [0, 0.05) is 38.1 Å². The Labute approximate surface area is 135 Å². The standard InChI is InChI=1S/C16H21ClN2O3/c1-22-8-6-15(20)18-14-10-16(21)19(11-14)7-5-12-3-2-4-13(17)9-12/h2-4,9,14H,5-8,10-11H2,1H3,(H,18,20)/t14-/m0/s1. The van der Waals surface area contributed by atoms with Crippen molar-refractivity contribution in [2.75, 3.05) is 26.8 Å². The molecule has 6 heteroatoms. The Kier molecular flexibility index (Phi) is 6.21. The third-order valence-electron chi connectivity index (χ3n) is 3.67. The van der Waals surface area contributed by atoms with Crippen LogP contribution in [0.3, 0.4) is 0 Å². The molecule has 120 valence electrons. The fourth-order valence-corrected chi connectivity index (χ4v) is 2.75. The first-order valence-corrected chi connectivity index (χ1v) is 7.77. The first kappa shape index (κ1) is 16.8. The average molecular weight is 325 g/mol. The number of carbonyl (C=O) groups is 2. The number of likely N-dealkylation sites (tertiary alicyclic amines) is 1. The molecule has 0 unspecified atom stereocenters. The Morgan fingerprint density at radius 1 is 1.50 bits per heavy atom. The summed E-state index contributed by atoms with van der Waals surface area (Å²) >= 11 is 5.95. The average Bonchev–Trinajstić information content (AvgIpc) is 2.83. The fourth-order valence-electron chi connectivity index (χ4n) is 2.54. The molecule has 0 aliphatic carbocycles. The highest BCUT2D eigenvalue weighted by Crippen LogP contribution is 2.15. The van der Waals surface area contributed by atoms with Gasteiger partial charge in [-0.15, -0.1) is 0 Å². The minimum atomic E-state index is -0.101. The van der Waals surface area contributed by atoms with Crippen LogP contribution in [0.5, 0.6) is 0 Å². The first-order chi connectivity index (χ1) is 10.6. The van der Waals surface area contributed by atoms with Crippen LogP contribution in [0.4, 0.5) is 0 Å². The molecule has 5 nitrogen and oxygen atoms in total. The second-order valence-corrected chi connectivity index (χ2v) is 5.87. The van der Waals surface area contributed by atoms with E-state index in [0.717, 1.165) is 12.0 Å². The minimum Gasteiger partial charge on any atom is -0.384 e. The summed E-state index contributed by atoms with van der Waals surface area (Å²) in [6.07, 6.45) is 1.45. The van der Waals surface area contributed by atoms with Crippen molar-refractivity contribution in [1.29, 1.82) is 0 Å². The van der Waals surface area contributed by atoms with E-state index < -0.39 is 0 Å². The zero-order valence-corrected chi connectivity index (χ0v) is 13.4. The third-order valence-corrected chi connectivity index (χ3v) is 3.91. The second-order valence-electron chi connectivity index (χ2n) is 5.43. The molecule has 1 aliphatic heterocycles. The topological polar surface area (TPSA) is 58.6 Å². The Morgan fingerprint density at radius 3 is 3.05 bits per heavy atom. The van der Waals surface area contributed by atoms with E-state index in [1.165, 1.54) is 0 Å². The van der Waals surface area contributed by atoms with Gasteiger partial charge in [-0.05, 0) is 24.1 Å². The molecule has 1 aromatic carbocycles. The van der Waals surface area contributed by atoms with Gasteiger partial charge in [-0.2, -0.15) is 0 Å². The normalized spacial score (nSPS) is 17.8. The maximum Gasteiger partial charge on any atom is 0.224 e. The lowest BCUT2D eigenvalue weighted by Crippen LogP contribution is -2.37. The Hall–Kier alpha value is -1.59. The number of carbonyl (C=O) groups excluding carboxylic acids is 2. The zero-order chi connectivity index (χ0) is 15.9. The summed E-state index contributed by atoms with van der Waals surface area (Å²) in [6.45, 7) is 1.60. The summed E-state index contributed by atoms with van der Waals surface area (Å²) in [4.78, 5) is 25.4. The van der Waals surface area contributed by atoms with E-state index in [1.807, 2.05) is 24.3 Å². The smallest absolute Gasteiger partial charge is 0.224 e. The number of nitrogens with zero attached hydrogens (tertiary/aromatic N) is 1. The molecule has 1 heterocycles. The molecule has 0 aromatic heterocycles. The van der Waals surface area contributed by atoms with Crippen LogP contribution in [0.2, 0.25) is 5.02 Å². The minimum absolute atomic E-state index is 0.0728. The van der Waals surface area contributed by atoms with Crippen LogP contribution in [0.1, 0.15) is 18.4 Å². The Morgan fingerprint density at radius 2 is 2.32 bits per heavy atom. The highest BCUT2D eigenvalue weighted by Gasteiger charge is 2.29. The van der Waals surface area contributed by atoms with Gasteiger partial charge < -0.3 is 15.0 Å². The van der Waals surface area contributed by atoms with Crippen molar-refractivity contribution in [3.63, 3.8) is 0 Å². The highest BCUT2D eigenvalue weighted by molar-refractivity contribution is 6.30. The van der Waals surface area contributed by atoms with Gasteiger partial charge in [0.1, 0.15) is 0 Å². The van der Waals surface area contributed by atoms with Gasteiger partial charge in [0.15, 0.2) is 0 Å². The molecular weight excluding hydrogens is 304 g/mol. The summed E-state index contributed by atoms with van der Waals surface area (Å²) in [7, 11) is 1.56. The van der Waals surface area contributed by atoms with Gasteiger partial charge in [-0.3, -0.25) is 9.59 Å². The van der Waals surface area contributed by atoms with Crippen LogP contribution in [-0.2, 0) is 20.7 Å².